The van der Waals surface area contributed by atoms with Crippen LogP contribution in [0.25, 0.3) is 0 Å². The molecule has 3 fully saturated rings. The minimum Gasteiger partial charge on any atom is -0.350 e. The van der Waals surface area contributed by atoms with Crippen molar-refractivity contribution in [3.05, 3.63) is 0 Å². The van der Waals surface area contributed by atoms with Crippen LogP contribution in [0.15, 0.2) is 0 Å². The molecule has 0 aromatic carbocycles. The fourth-order valence-electron chi connectivity index (χ4n) is 3.95. The molecule has 0 radical (unpaired) electrons. The van der Waals surface area contributed by atoms with Crippen LogP contribution in [0.2, 0.25) is 0 Å². The number of hydrogen-bond donors (Lipinski definition) is 2. The third kappa shape index (κ3) is 2.82. The molecule has 2 N–H and O–H groups in total. The van der Waals surface area contributed by atoms with Gasteiger partial charge in [0.05, 0.1) is 6.04 Å². The second kappa shape index (κ2) is 5.72. The Kier molecular flexibility index (Phi) is 3.96. The molecule has 2 heterocycles. The number of rotatable bonds is 2. The number of hydrogen-bond acceptors (Lipinski definition) is 3. The summed E-state index contributed by atoms with van der Waals surface area (Å²) in [4.78, 5) is 25.5. The SMILES string of the molecule is CN1CC(NC(=O)C2CC3CCCCC3N2)CCC1=O. The number of amides is 2. The number of fused-ring (bicyclic) bond motifs is 1. The molecule has 3 rings (SSSR count). The first kappa shape index (κ1) is 13.9. The molecule has 0 bridgehead atoms. The van der Waals surface area contributed by atoms with Gasteiger partial charge in [-0.25, -0.2) is 0 Å². The number of nitrogens with one attached hydrogen (secondary N) is 2. The molecule has 2 saturated heterocycles. The lowest BCUT2D eigenvalue weighted by atomic mass is 9.85. The monoisotopic (exact) mass is 279 g/mol. The number of likely N-dealkylation sites (N-methyl/N-ethyl adjacent to an activating group) is 1. The maximum absolute atomic E-state index is 12.4. The number of nitrogens with zero attached hydrogens (tertiary/aromatic N) is 1. The molecular formula is C15H25N3O2. The highest BCUT2D eigenvalue weighted by Crippen LogP contribution is 2.33. The summed E-state index contributed by atoms with van der Waals surface area (Å²) in [6.07, 6.45) is 7.39. The number of carbonyl (C=O) groups excluding carboxylic acids is 2. The molecule has 5 nitrogen and oxygen atoms in total. The van der Waals surface area contributed by atoms with E-state index in [-0.39, 0.29) is 23.9 Å². The fourth-order valence-corrected chi connectivity index (χ4v) is 3.95. The van der Waals surface area contributed by atoms with E-state index in [1.807, 2.05) is 7.05 Å². The van der Waals surface area contributed by atoms with Gasteiger partial charge in [-0.2, -0.15) is 0 Å². The zero-order valence-corrected chi connectivity index (χ0v) is 12.2. The summed E-state index contributed by atoms with van der Waals surface area (Å²) in [7, 11) is 1.81. The van der Waals surface area contributed by atoms with Gasteiger partial charge in [-0.3, -0.25) is 9.59 Å². The lowest BCUT2D eigenvalue weighted by molar-refractivity contribution is -0.134. The number of carbonyl (C=O) groups is 2. The van der Waals surface area contributed by atoms with Gasteiger partial charge in [0.1, 0.15) is 0 Å². The van der Waals surface area contributed by atoms with Crippen LogP contribution in [0, 0.1) is 5.92 Å². The van der Waals surface area contributed by atoms with Crippen LogP contribution in [-0.2, 0) is 9.59 Å². The highest BCUT2D eigenvalue weighted by molar-refractivity contribution is 5.83. The summed E-state index contributed by atoms with van der Waals surface area (Å²) >= 11 is 0. The second-order valence-electron chi connectivity index (χ2n) is 6.62. The van der Waals surface area contributed by atoms with Crippen LogP contribution >= 0.6 is 0 Å². The Morgan fingerprint density at radius 2 is 2.10 bits per heavy atom. The minimum atomic E-state index is -0.0222. The average Bonchev–Trinajstić information content (AvgIpc) is 2.87. The van der Waals surface area contributed by atoms with Gasteiger partial charge >= 0.3 is 0 Å². The summed E-state index contributed by atoms with van der Waals surface area (Å²) in [5.74, 6) is 1.00. The molecule has 2 aliphatic heterocycles. The van der Waals surface area contributed by atoms with E-state index in [9.17, 15) is 9.59 Å². The predicted octanol–water partition coefficient (Wildman–Crippen LogP) is 0.644. The summed E-state index contributed by atoms with van der Waals surface area (Å²) < 4.78 is 0. The van der Waals surface area contributed by atoms with Crippen LogP contribution in [-0.4, -0.2) is 48.4 Å². The molecule has 1 saturated carbocycles. The summed E-state index contributed by atoms with van der Waals surface area (Å²) in [5.41, 5.74) is 0. The van der Waals surface area contributed by atoms with Crippen molar-refractivity contribution in [1.29, 1.82) is 0 Å². The summed E-state index contributed by atoms with van der Waals surface area (Å²) in [5, 5.41) is 6.64. The maximum Gasteiger partial charge on any atom is 0.237 e. The van der Waals surface area contributed by atoms with Gasteiger partial charge in [-0.1, -0.05) is 12.8 Å². The number of piperidine rings is 1. The van der Waals surface area contributed by atoms with Crippen LogP contribution in [0.1, 0.15) is 44.9 Å². The van der Waals surface area contributed by atoms with Crippen LogP contribution in [0.3, 0.4) is 0 Å². The van der Waals surface area contributed by atoms with Crippen LogP contribution in [0.4, 0.5) is 0 Å². The van der Waals surface area contributed by atoms with Crippen molar-refractivity contribution in [2.24, 2.45) is 5.92 Å². The Hall–Kier alpha value is -1.10. The molecule has 4 atom stereocenters. The molecular weight excluding hydrogens is 254 g/mol. The van der Waals surface area contributed by atoms with Crippen LogP contribution < -0.4 is 10.6 Å². The van der Waals surface area contributed by atoms with Gasteiger partial charge in [-0.05, 0) is 31.6 Å². The van der Waals surface area contributed by atoms with Crippen molar-refractivity contribution in [1.82, 2.24) is 15.5 Å². The third-order valence-electron chi connectivity index (χ3n) is 5.15. The smallest absolute Gasteiger partial charge is 0.237 e. The molecule has 3 aliphatic rings. The lowest BCUT2D eigenvalue weighted by Crippen LogP contribution is -2.52. The van der Waals surface area contributed by atoms with E-state index in [4.69, 9.17) is 0 Å². The highest BCUT2D eigenvalue weighted by atomic mass is 16.2. The third-order valence-corrected chi connectivity index (χ3v) is 5.15. The van der Waals surface area contributed by atoms with E-state index >= 15 is 0 Å². The molecule has 5 heteroatoms. The van der Waals surface area contributed by atoms with E-state index < -0.39 is 0 Å². The second-order valence-corrected chi connectivity index (χ2v) is 6.62. The zero-order chi connectivity index (χ0) is 14.1. The quantitative estimate of drug-likeness (QED) is 0.780. The molecule has 0 aromatic heterocycles. The highest BCUT2D eigenvalue weighted by Gasteiger charge is 2.38. The average molecular weight is 279 g/mol. The fraction of sp³-hybridized carbons (Fsp3) is 0.867. The Balaban J connectivity index is 1.51. The van der Waals surface area contributed by atoms with Crippen molar-refractivity contribution in [2.45, 2.75) is 63.1 Å². The first-order valence-corrected chi connectivity index (χ1v) is 7.94. The Morgan fingerprint density at radius 3 is 2.85 bits per heavy atom. The van der Waals surface area contributed by atoms with Crippen molar-refractivity contribution in [3.8, 4) is 0 Å². The van der Waals surface area contributed by atoms with E-state index in [0.717, 1.165) is 12.8 Å². The van der Waals surface area contributed by atoms with Crippen molar-refractivity contribution >= 4 is 11.8 Å². The Morgan fingerprint density at radius 1 is 1.30 bits per heavy atom. The van der Waals surface area contributed by atoms with Gasteiger partial charge in [0.15, 0.2) is 0 Å². The molecule has 1 aliphatic carbocycles. The van der Waals surface area contributed by atoms with E-state index in [1.54, 1.807) is 4.90 Å². The Bertz CT molecular complexity index is 385. The summed E-state index contributed by atoms with van der Waals surface area (Å²) in [6, 6.07) is 0.649. The van der Waals surface area contributed by atoms with Crippen molar-refractivity contribution in [3.63, 3.8) is 0 Å². The molecule has 0 aromatic rings. The lowest BCUT2D eigenvalue weighted by Gasteiger charge is -2.30. The summed E-state index contributed by atoms with van der Waals surface area (Å²) in [6.45, 7) is 0.643. The van der Waals surface area contributed by atoms with Gasteiger partial charge in [0.25, 0.3) is 0 Å². The topological polar surface area (TPSA) is 61.4 Å². The molecule has 112 valence electrons. The first-order valence-electron chi connectivity index (χ1n) is 7.94. The van der Waals surface area contributed by atoms with Crippen LogP contribution in [0.5, 0.6) is 0 Å². The standard InChI is InChI=1S/C15H25N3O2/c1-18-9-11(6-7-14(18)19)16-15(20)13-8-10-4-2-3-5-12(10)17-13/h10-13,17H,2-9H2,1H3,(H,16,20). The number of likely N-dealkylation sites (tertiary alicyclic amines) is 1. The van der Waals surface area contributed by atoms with Gasteiger partial charge in [0, 0.05) is 32.1 Å². The first-order chi connectivity index (χ1) is 9.63. The van der Waals surface area contributed by atoms with E-state index in [0.29, 0.717) is 24.9 Å². The molecule has 4 unspecified atom stereocenters. The largest absolute Gasteiger partial charge is 0.350 e. The predicted molar refractivity (Wildman–Crippen MR) is 76.1 cm³/mol. The van der Waals surface area contributed by atoms with Gasteiger partial charge in [0.2, 0.25) is 11.8 Å². The van der Waals surface area contributed by atoms with Crippen molar-refractivity contribution in [2.75, 3.05) is 13.6 Å². The molecule has 0 spiro atoms. The minimum absolute atomic E-state index is 0.0222. The normalized spacial score (nSPS) is 37.6. The van der Waals surface area contributed by atoms with E-state index in [1.165, 1.54) is 25.7 Å². The Labute approximate surface area is 120 Å². The molecule has 2 amide bonds. The van der Waals surface area contributed by atoms with Gasteiger partial charge < -0.3 is 15.5 Å². The van der Waals surface area contributed by atoms with E-state index in [2.05, 4.69) is 10.6 Å². The maximum atomic E-state index is 12.4. The van der Waals surface area contributed by atoms with Gasteiger partial charge in [-0.15, -0.1) is 0 Å². The molecule has 20 heavy (non-hydrogen) atoms. The van der Waals surface area contributed by atoms with Crippen molar-refractivity contribution < 1.29 is 9.59 Å². The zero-order valence-electron chi connectivity index (χ0n) is 12.2.